The van der Waals surface area contributed by atoms with Crippen LogP contribution in [0.3, 0.4) is 0 Å². The Bertz CT molecular complexity index is 382. The summed E-state index contributed by atoms with van der Waals surface area (Å²) in [6, 6.07) is 7.12. The number of hydrazine groups is 1. The summed E-state index contributed by atoms with van der Waals surface area (Å²) in [6.45, 7) is 2.09. The van der Waals surface area contributed by atoms with Crippen LogP contribution in [0.2, 0.25) is 0 Å². The van der Waals surface area contributed by atoms with Gasteiger partial charge in [-0.2, -0.15) is 0 Å². The minimum atomic E-state index is -0.00854. The third-order valence-electron chi connectivity index (χ3n) is 3.19. The number of nitrogens with two attached hydrogens (primary N) is 1. The fourth-order valence-corrected chi connectivity index (χ4v) is 1.90. The maximum atomic E-state index is 11.9. The van der Waals surface area contributed by atoms with Gasteiger partial charge in [0.1, 0.15) is 0 Å². The Labute approximate surface area is 95.2 Å². The summed E-state index contributed by atoms with van der Waals surface area (Å²) in [5.41, 5.74) is 4.00. The van der Waals surface area contributed by atoms with E-state index in [4.69, 9.17) is 5.84 Å². The minimum Gasteiger partial charge on any atom is -0.347 e. The SMILES string of the molecule is CC1(NC(=O)c2ccc(NN)cc2)CCC1. The Morgan fingerprint density at radius 2 is 1.94 bits per heavy atom. The number of nitrogens with one attached hydrogen (secondary N) is 2. The molecule has 16 heavy (non-hydrogen) atoms. The van der Waals surface area contributed by atoms with Crippen molar-refractivity contribution in [2.24, 2.45) is 5.84 Å². The molecule has 1 aliphatic rings. The van der Waals surface area contributed by atoms with Crippen molar-refractivity contribution in [2.75, 3.05) is 5.43 Å². The van der Waals surface area contributed by atoms with Crippen LogP contribution in [0.4, 0.5) is 5.69 Å². The molecule has 4 heteroatoms. The van der Waals surface area contributed by atoms with Crippen molar-refractivity contribution in [3.8, 4) is 0 Å². The lowest BCUT2D eigenvalue weighted by atomic mass is 9.78. The molecular weight excluding hydrogens is 202 g/mol. The van der Waals surface area contributed by atoms with Gasteiger partial charge in [0.15, 0.2) is 0 Å². The number of rotatable bonds is 3. The summed E-state index contributed by atoms with van der Waals surface area (Å²) in [4.78, 5) is 11.9. The van der Waals surface area contributed by atoms with Gasteiger partial charge in [0.2, 0.25) is 0 Å². The van der Waals surface area contributed by atoms with Crippen LogP contribution in [0, 0.1) is 0 Å². The summed E-state index contributed by atoms with van der Waals surface area (Å²) >= 11 is 0. The van der Waals surface area contributed by atoms with E-state index in [2.05, 4.69) is 17.7 Å². The van der Waals surface area contributed by atoms with E-state index >= 15 is 0 Å². The molecule has 1 aromatic rings. The number of amides is 1. The molecule has 86 valence electrons. The van der Waals surface area contributed by atoms with Gasteiger partial charge >= 0.3 is 0 Å². The topological polar surface area (TPSA) is 67.2 Å². The van der Waals surface area contributed by atoms with E-state index in [9.17, 15) is 4.79 Å². The van der Waals surface area contributed by atoms with Crippen LogP contribution in [-0.4, -0.2) is 11.4 Å². The zero-order valence-corrected chi connectivity index (χ0v) is 9.42. The molecule has 4 N–H and O–H groups in total. The zero-order chi connectivity index (χ0) is 11.6. The van der Waals surface area contributed by atoms with Crippen molar-refractivity contribution in [1.82, 2.24) is 5.32 Å². The van der Waals surface area contributed by atoms with Gasteiger partial charge in [-0.05, 0) is 50.5 Å². The highest BCUT2D eigenvalue weighted by Crippen LogP contribution is 2.31. The predicted octanol–water partition coefficient (Wildman–Crippen LogP) is 1.64. The standard InChI is InChI=1S/C12H17N3O/c1-12(7-2-8-12)14-11(16)9-3-5-10(15-13)6-4-9/h3-6,15H,2,7-8,13H2,1H3,(H,14,16). The molecule has 1 aliphatic carbocycles. The minimum absolute atomic E-state index is 0.00186. The third kappa shape index (κ3) is 2.17. The number of carbonyl (C=O) groups excluding carboxylic acids is 1. The van der Waals surface area contributed by atoms with E-state index in [-0.39, 0.29) is 11.4 Å². The van der Waals surface area contributed by atoms with Crippen LogP contribution in [0.1, 0.15) is 36.5 Å². The fourth-order valence-electron chi connectivity index (χ4n) is 1.90. The second-order valence-electron chi connectivity index (χ2n) is 4.59. The van der Waals surface area contributed by atoms with Gasteiger partial charge in [-0.1, -0.05) is 0 Å². The van der Waals surface area contributed by atoms with Gasteiger partial charge in [0.05, 0.1) is 0 Å². The van der Waals surface area contributed by atoms with E-state index in [1.807, 2.05) is 0 Å². The van der Waals surface area contributed by atoms with E-state index in [1.54, 1.807) is 24.3 Å². The van der Waals surface area contributed by atoms with Gasteiger partial charge < -0.3 is 10.7 Å². The number of benzene rings is 1. The van der Waals surface area contributed by atoms with Crippen molar-refractivity contribution >= 4 is 11.6 Å². The van der Waals surface area contributed by atoms with Crippen LogP contribution < -0.4 is 16.6 Å². The molecule has 1 saturated carbocycles. The number of anilines is 1. The Morgan fingerprint density at radius 3 is 2.38 bits per heavy atom. The van der Waals surface area contributed by atoms with Crippen LogP contribution >= 0.6 is 0 Å². The molecule has 0 aromatic heterocycles. The molecule has 4 nitrogen and oxygen atoms in total. The van der Waals surface area contributed by atoms with E-state index in [0.29, 0.717) is 5.56 Å². The Kier molecular flexibility index (Phi) is 2.83. The van der Waals surface area contributed by atoms with Gasteiger partial charge in [-0.3, -0.25) is 10.6 Å². The number of hydrogen-bond donors (Lipinski definition) is 3. The summed E-state index contributed by atoms with van der Waals surface area (Å²) in [5, 5.41) is 3.06. The maximum Gasteiger partial charge on any atom is 0.251 e. The second-order valence-corrected chi connectivity index (χ2v) is 4.59. The first-order valence-corrected chi connectivity index (χ1v) is 5.52. The van der Waals surface area contributed by atoms with E-state index in [1.165, 1.54) is 6.42 Å². The monoisotopic (exact) mass is 219 g/mol. The highest BCUT2D eigenvalue weighted by molar-refractivity contribution is 5.95. The molecule has 0 saturated heterocycles. The molecule has 1 fully saturated rings. The Balaban J connectivity index is 2.03. The molecule has 0 radical (unpaired) electrons. The van der Waals surface area contributed by atoms with E-state index < -0.39 is 0 Å². The van der Waals surface area contributed by atoms with Crippen molar-refractivity contribution in [1.29, 1.82) is 0 Å². The summed E-state index contributed by atoms with van der Waals surface area (Å²) in [5.74, 6) is 5.25. The lowest BCUT2D eigenvalue weighted by Crippen LogP contribution is -2.50. The van der Waals surface area contributed by atoms with Gasteiger partial charge in [0.25, 0.3) is 5.91 Å². The van der Waals surface area contributed by atoms with Gasteiger partial charge in [0, 0.05) is 16.8 Å². The van der Waals surface area contributed by atoms with Crippen LogP contribution in [0.5, 0.6) is 0 Å². The largest absolute Gasteiger partial charge is 0.347 e. The maximum absolute atomic E-state index is 11.9. The number of nitrogen functional groups attached to an aromatic ring is 1. The first-order chi connectivity index (χ1) is 7.63. The molecule has 0 heterocycles. The molecule has 1 aromatic carbocycles. The molecule has 0 bridgehead atoms. The van der Waals surface area contributed by atoms with Crippen LogP contribution in [0.15, 0.2) is 24.3 Å². The predicted molar refractivity (Wildman–Crippen MR) is 64.0 cm³/mol. The normalized spacial score (nSPS) is 17.4. The lowest BCUT2D eigenvalue weighted by molar-refractivity contribution is 0.0850. The van der Waals surface area contributed by atoms with Gasteiger partial charge in [-0.25, -0.2) is 0 Å². The smallest absolute Gasteiger partial charge is 0.251 e. The molecule has 2 rings (SSSR count). The molecule has 0 aliphatic heterocycles. The molecule has 0 spiro atoms. The average molecular weight is 219 g/mol. The van der Waals surface area contributed by atoms with E-state index in [0.717, 1.165) is 18.5 Å². The first kappa shape index (κ1) is 11.0. The number of carbonyl (C=O) groups is 1. The molecule has 0 atom stereocenters. The zero-order valence-electron chi connectivity index (χ0n) is 9.42. The fraction of sp³-hybridized carbons (Fsp3) is 0.417. The Hall–Kier alpha value is -1.55. The van der Waals surface area contributed by atoms with Crippen molar-refractivity contribution in [3.05, 3.63) is 29.8 Å². The first-order valence-electron chi connectivity index (χ1n) is 5.52. The summed E-state index contributed by atoms with van der Waals surface area (Å²) in [7, 11) is 0. The number of hydrogen-bond acceptors (Lipinski definition) is 3. The molecular formula is C12H17N3O. The second kappa shape index (κ2) is 4.14. The molecule has 1 amide bonds. The Morgan fingerprint density at radius 1 is 1.31 bits per heavy atom. The van der Waals surface area contributed by atoms with Gasteiger partial charge in [-0.15, -0.1) is 0 Å². The van der Waals surface area contributed by atoms with Crippen molar-refractivity contribution in [3.63, 3.8) is 0 Å². The summed E-state index contributed by atoms with van der Waals surface area (Å²) < 4.78 is 0. The van der Waals surface area contributed by atoms with Crippen LogP contribution in [0.25, 0.3) is 0 Å². The average Bonchev–Trinajstić information content (AvgIpc) is 2.27. The lowest BCUT2D eigenvalue weighted by Gasteiger charge is -2.39. The highest BCUT2D eigenvalue weighted by Gasteiger charge is 2.33. The van der Waals surface area contributed by atoms with Crippen molar-refractivity contribution < 1.29 is 4.79 Å². The molecule has 0 unspecified atom stereocenters. The summed E-state index contributed by atoms with van der Waals surface area (Å²) in [6.07, 6.45) is 3.34. The van der Waals surface area contributed by atoms with Crippen molar-refractivity contribution in [2.45, 2.75) is 31.7 Å². The quantitative estimate of drug-likeness (QED) is 0.535. The van der Waals surface area contributed by atoms with Crippen LogP contribution in [-0.2, 0) is 0 Å². The third-order valence-corrected chi connectivity index (χ3v) is 3.19. The highest BCUT2D eigenvalue weighted by atomic mass is 16.1.